The van der Waals surface area contributed by atoms with Crippen LogP contribution in [-0.2, 0) is 0 Å². The third kappa shape index (κ3) is 3.61. The van der Waals surface area contributed by atoms with E-state index in [1.165, 1.54) is 6.92 Å². The Morgan fingerprint density at radius 1 is 1.00 bits per heavy atom. The molecule has 0 atom stereocenters. The third-order valence-electron chi connectivity index (χ3n) is 2.62. The molecule has 0 aromatic heterocycles. The lowest BCUT2D eigenvalue weighted by atomic mass is 10.0. The van der Waals surface area contributed by atoms with E-state index in [9.17, 15) is 9.59 Å². The lowest BCUT2D eigenvalue weighted by Crippen LogP contribution is -2.00. The van der Waals surface area contributed by atoms with Crippen LogP contribution in [0.15, 0.2) is 24.3 Å². The van der Waals surface area contributed by atoms with Crippen molar-refractivity contribution in [2.45, 2.75) is 39.5 Å². The van der Waals surface area contributed by atoms with Crippen LogP contribution < -0.4 is 0 Å². The van der Waals surface area contributed by atoms with Crippen molar-refractivity contribution in [1.29, 1.82) is 0 Å². The largest absolute Gasteiger partial charge is 0.295 e. The zero-order chi connectivity index (χ0) is 12.0. The summed E-state index contributed by atoms with van der Waals surface area (Å²) >= 11 is 0. The summed E-state index contributed by atoms with van der Waals surface area (Å²) < 4.78 is 0. The van der Waals surface area contributed by atoms with Gasteiger partial charge in [-0.05, 0) is 13.3 Å². The number of unbranched alkanes of at least 4 members (excludes halogenated alkanes) is 2. The number of hydrogen-bond acceptors (Lipinski definition) is 2. The number of carbonyl (C=O) groups excluding carboxylic acids is 2. The van der Waals surface area contributed by atoms with Crippen molar-refractivity contribution < 1.29 is 9.59 Å². The van der Waals surface area contributed by atoms with Gasteiger partial charge in [0.15, 0.2) is 11.6 Å². The molecule has 0 saturated carbocycles. The number of carbonyl (C=O) groups is 2. The average Bonchev–Trinajstić information content (AvgIpc) is 2.29. The van der Waals surface area contributed by atoms with Crippen molar-refractivity contribution in [2.24, 2.45) is 0 Å². The Hall–Kier alpha value is -1.44. The lowest BCUT2D eigenvalue weighted by Gasteiger charge is -2.01. The van der Waals surface area contributed by atoms with E-state index in [4.69, 9.17) is 0 Å². The van der Waals surface area contributed by atoms with Gasteiger partial charge in [0.05, 0.1) is 0 Å². The number of rotatable bonds is 6. The molecule has 0 saturated heterocycles. The van der Waals surface area contributed by atoms with Crippen LogP contribution in [0, 0.1) is 0 Å². The average molecular weight is 218 g/mol. The molecule has 0 radical (unpaired) electrons. The predicted octanol–water partition coefficient (Wildman–Crippen LogP) is 3.65. The Kier molecular flexibility index (Phi) is 4.90. The Bertz CT molecular complexity index is 363. The molecule has 1 aromatic rings. The van der Waals surface area contributed by atoms with Gasteiger partial charge in [0.2, 0.25) is 0 Å². The van der Waals surface area contributed by atoms with E-state index in [0.29, 0.717) is 17.5 Å². The lowest BCUT2D eigenvalue weighted by molar-refractivity contribution is 0.0975. The van der Waals surface area contributed by atoms with Crippen molar-refractivity contribution in [2.75, 3.05) is 0 Å². The maximum atomic E-state index is 11.7. The fourth-order valence-corrected chi connectivity index (χ4v) is 1.57. The van der Waals surface area contributed by atoms with Crippen LogP contribution >= 0.6 is 0 Å². The predicted molar refractivity (Wildman–Crippen MR) is 64.9 cm³/mol. The molecule has 0 aliphatic heterocycles. The maximum Gasteiger partial charge on any atom is 0.162 e. The number of benzene rings is 1. The first-order chi connectivity index (χ1) is 7.65. The van der Waals surface area contributed by atoms with E-state index in [1.54, 1.807) is 24.3 Å². The van der Waals surface area contributed by atoms with Gasteiger partial charge in [0, 0.05) is 17.5 Å². The van der Waals surface area contributed by atoms with Gasteiger partial charge in [-0.25, -0.2) is 0 Å². The molecule has 1 aromatic carbocycles. The standard InChI is InChI=1S/C14H18O2/c1-3-4-5-6-14(16)13-9-7-12(8-10-13)11(2)15/h7-10H,3-6H2,1-2H3. The van der Waals surface area contributed by atoms with Crippen molar-refractivity contribution in [3.63, 3.8) is 0 Å². The first-order valence-electron chi connectivity index (χ1n) is 5.79. The van der Waals surface area contributed by atoms with E-state index >= 15 is 0 Å². The molecular formula is C14H18O2. The molecule has 0 aliphatic rings. The van der Waals surface area contributed by atoms with E-state index < -0.39 is 0 Å². The van der Waals surface area contributed by atoms with Crippen LogP contribution in [0.25, 0.3) is 0 Å². The first-order valence-corrected chi connectivity index (χ1v) is 5.79. The van der Waals surface area contributed by atoms with Crippen LogP contribution in [0.3, 0.4) is 0 Å². The Morgan fingerprint density at radius 2 is 1.56 bits per heavy atom. The van der Waals surface area contributed by atoms with Gasteiger partial charge >= 0.3 is 0 Å². The first kappa shape index (κ1) is 12.6. The Labute approximate surface area is 96.7 Å². The summed E-state index contributed by atoms with van der Waals surface area (Å²) in [6.45, 7) is 3.64. The van der Waals surface area contributed by atoms with Gasteiger partial charge in [-0.15, -0.1) is 0 Å². The molecule has 0 bridgehead atoms. The van der Waals surface area contributed by atoms with E-state index in [0.717, 1.165) is 19.3 Å². The molecule has 2 nitrogen and oxygen atoms in total. The Morgan fingerprint density at radius 3 is 2.06 bits per heavy atom. The summed E-state index contributed by atoms with van der Waals surface area (Å²) in [6.07, 6.45) is 3.77. The summed E-state index contributed by atoms with van der Waals surface area (Å²) in [7, 11) is 0. The van der Waals surface area contributed by atoms with Gasteiger partial charge in [-0.1, -0.05) is 44.0 Å². The van der Waals surface area contributed by atoms with Gasteiger partial charge in [0.25, 0.3) is 0 Å². The van der Waals surface area contributed by atoms with Crippen molar-refractivity contribution in [1.82, 2.24) is 0 Å². The summed E-state index contributed by atoms with van der Waals surface area (Å²) in [5, 5.41) is 0. The fourth-order valence-electron chi connectivity index (χ4n) is 1.57. The second-order valence-electron chi connectivity index (χ2n) is 4.01. The highest BCUT2D eigenvalue weighted by molar-refractivity contribution is 5.98. The SMILES string of the molecule is CCCCCC(=O)c1ccc(C(C)=O)cc1. The number of ketones is 2. The normalized spacial score (nSPS) is 10.1. The molecule has 2 heteroatoms. The molecule has 1 rings (SSSR count). The zero-order valence-corrected chi connectivity index (χ0v) is 9.95. The van der Waals surface area contributed by atoms with Crippen LogP contribution in [-0.4, -0.2) is 11.6 Å². The highest BCUT2D eigenvalue weighted by atomic mass is 16.1. The van der Waals surface area contributed by atoms with Gasteiger partial charge in [0.1, 0.15) is 0 Å². The van der Waals surface area contributed by atoms with E-state index in [1.807, 2.05) is 0 Å². The maximum absolute atomic E-state index is 11.7. The third-order valence-corrected chi connectivity index (χ3v) is 2.62. The summed E-state index contributed by atoms with van der Waals surface area (Å²) in [4.78, 5) is 22.8. The zero-order valence-electron chi connectivity index (χ0n) is 9.95. The molecule has 0 N–H and O–H groups in total. The molecule has 0 fully saturated rings. The molecule has 86 valence electrons. The highest BCUT2D eigenvalue weighted by Crippen LogP contribution is 2.10. The van der Waals surface area contributed by atoms with E-state index in [2.05, 4.69) is 6.92 Å². The number of Topliss-reactive ketones (excluding diaryl/α,β-unsaturated/α-hetero) is 2. The molecule has 16 heavy (non-hydrogen) atoms. The minimum absolute atomic E-state index is 0.0324. The summed E-state index contributed by atoms with van der Waals surface area (Å²) in [5.74, 6) is 0.202. The van der Waals surface area contributed by atoms with Gasteiger partial charge in [-0.3, -0.25) is 9.59 Å². The van der Waals surface area contributed by atoms with Gasteiger partial charge in [-0.2, -0.15) is 0 Å². The monoisotopic (exact) mass is 218 g/mol. The topological polar surface area (TPSA) is 34.1 Å². The van der Waals surface area contributed by atoms with Crippen molar-refractivity contribution in [3.05, 3.63) is 35.4 Å². The molecule has 0 heterocycles. The second kappa shape index (κ2) is 6.21. The highest BCUT2D eigenvalue weighted by Gasteiger charge is 2.06. The molecule has 0 amide bonds. The Balaban J connectivity index is 2.59. The van der Waals surface area contributed by atoms with E-state index in [-0.39, 0.29) is 11.6 Å². The fraction of sp³-hybridized carbons (Fsp3) is 0.429. The molecular weight excluding hydrogens is 200 g/mol. The summed E-state index contributed by atoms with van der Waals surface area (Å²) in [6, 6.07) is 6.92. The van der Waals surface area contributed by atoms with Crippen molar-refractivity contribution in [3.8, 4) is 0 Å². The molecule has 0 unspecified atom stereocenters. The van der Waals surface area contributed by atoms with Crippen LogP contribution in [0.1, 0.15) is 60.2 Å². The minimum atomic E-state index is 0.0324. The van der Waals surface area contributed by atoms with Crippen LogP contribution in [0.4, 0.5) is 0 Å². The van der Waals surface area contributed by atoms with Crippen LogP contribution in [0.2, 0.25) is 0 Å². The van der Waals surface area contributed by atoms with Crippen molar-refractivity contribution >= 4 is 11.6 Å². The summed E-state index contributed by atoms with van der Waals surface area (Å²) in [5.41, 5.74) is 1.37. The molecule has 0 spiro atoms. The quantitative estimate of drug-likeness (QED) is 0.539. The molecule has 0 aliphatic carbocycles. The minimum Gasteiger partial charge on any atom is -0.295 e. The van der Waals surface area contributed by atoms with Gasteiger partial charge < -0.3 is 0 Å². The smallest absolute Gasteiger partial charge is 0.162 e. The number of hydrogen-bond donors (Lipinski definition) is 0. The van der Waals surface area contributed by atoms with Crippen LogP contribution in [0.5, 0.6) is 0 Å². The second-order valence-corrected chi connectivity index (χ2v) is 4.01.